The second-order valence-corrected chi connectivity index (χ2v) is 8.49. The van der Waals surface area contributed by atoms with Crippen molar-refractivity contribution >= 4 is 23.3 Å². The summed E-state index contributed by atoms with van der Waals surface area (Å²) in [6.45, 7) is 4.79. The number of nitrogens with one attached hydrogen (secondary N) is 1. The highest BCUT2D eigenvalue weighted by molar-refractivity contribution is 6.04. The van der Waals surface area contributed by atoms with Crippen LogP contribution in [0.15, 0.2) is 18.2 Å². The molecule has 2 N–H and O–H groups in total. The number of hydrogen-bond donors (Lipinski definition) is 2. The van der Waals surface area contributed by atoms with E-state index in [2.05, 4.69) is 33.3 Å². The molecule has 8 nitrogen and oxygen atoms in total. The zero-order valence-corrected chi connectivity index (χ0v) is 17.4. The molecular formula is C22H30N4O4. The van der Waals surface area contributed by atoms with Gasteiger partial charge in [-0.25, -0.2) is 0 Å². The van der Waals surface area contributed by atoms with Gasteiger partial charge in [-0.15, -0.1) is 0 Å². The molecule has 2 bridgehead atoms. The predicted octanol–water partition coefficient (Wildman–Crippen LogP) is 2.32. The van der Waals surface area contributed by atoms with Crippen LogP contribution in [0.2, 0.25) is 0 Å². The molecule has 0 spiro atoms. The van der Waals surface area contributed by atoms with E-state index < -0.39 is 0 Å². The van der Waals surface area contributed by atoms with Crippen LogP contribution in [0.5, 0.6) is 0 Å². The Hall–Kier alpha value is -2.45. The van der Waals surface area contributed by atoms with E-state index in [4.69, 9.17) is 14.6 Å². The first-order chi connectivity index (χ1) is 14.6. The molecule has 0 saturated carbocycles. The summed E-state index contributed by atoms with van der Waals surface area (Å²) >= 11 is 0. The summed E-state index contributed by atoms with van der Waals surface area (Å²) < 4.78 is 5.48. The van der Waals surface area contributed by atoms with Crippen molar-refractivity contribution in [1.29, 1.82) is 0 Å². The monoisotopic (exact) mass is 414 g/mol. The number of likely N-dealkylation sites (N-methyl/N-ethyl adjacent to an activating group) is 1. The van der Waals surface area contributed by atoms with Gasteiger partial charge in [-0.2, -0.15) is 5.10 Å². The molecule has 0 radical (unpaired) electrons. The van der Waals surface area contributed by atoms with Crippen LogP contribution in [-0.4, -0.2) is 83.4 Å². The largest absolute Gasteiger partial charge is 0.483 e. The van der Waals surface area contributed by atoms with Gasteiger partial charge in [0.2, 0.25) is 0 Å². The summed E-state index contributed by atoms with van der Waals surface area (Å²) in [7, 11) is 1.95. The van der Waals surface area contributed by atoms with Crippen molar-refractivity contribution in [3.8, 4) is 0 Å². The summed E-state index contributed by atoms with van der Waals surface area (Å²) in [5, 5.41) is 15.3. The summed E-state index contributed by atoms with van der Waals surface area (Å²) in [5.41, 5.74) is 2.84. The molecule has 4 fully saturated rings. The number of rotatable bonds is 3. The lowest BCUT2D eigenvalue weighted by Gasteiger charge is -2.47. The summed E-state index contributed by atoms with van der Waals surface area (Å²) in [6, 6.07) is 6.72. The highest BCUT2D eigenvalue weighted by Gasteiger charge is 2.38. The van der Waals surface area contributed by atoms with E-state index in [1.807, 2.05) is 11.9 Å². The van der Waals surface area contributed by atoms with Crippen molar-refractivity contribution in [2.24, 2.45) is 5.92 Å². The fourth-order valence-electron chi connectivity index (χ4n) is 5.18. The Morgan fingerprint density at radius 3 is 2.60 bits per heavy atom. The van der Waals surface area contributed by atoms with Gasteiger partial charge in [-0.3, -0.25) is 14.7 Å². The molecule has 2 aromatic rings. The molecule has 1 aromatic heterocycles. The summed E-state index contributed by atoms with van der Waals surface area (Å²) in [6.07, 6.45) is 4.54. The average Bonchev–Trinajstić information content (AvgIpc) is 3.23. The van der Waals surface area contributed by atoms with E-state index >= 15 is 0 Å². The number of H-pyrrole nitrogens is 1. The topological polar surface area (TPSA) is 98.8 Å². The van der Waals surface area contributed by atoms with Crippen LogP contribution in [0.3, 0.4) is 0 Å². The maximum absolute atomic E-state index is 13.2. The van der Waals surface area contributed by atoms with E-state index in [1.165, 1.54) is 31.5 Å². The molecule has 6 rings (SSSR count). The third kappa shape index (κ3) is 4.06. The van der Waals surface area contributed by atoms with Crippen molar-refractivity contribution in [2.45, 2.75) is 37.6 Å². The number of aromatic nitrogens is 2. The van der Waals surface area contributed by atoms with E-state index in [1.54, 1.807) is 0 Å². The van der Waals surface area contributed by atoms with Gasteiger partial charge in [-0.05, 0) is 62.2 Å². The lowest BCUT2D eigenvalue weighted by atomic mass is 9.83. The van der Waals surface area contributed by atoms with Crippen LogP contribution in [0.1, 0.15) is 47.7 Å². The minimum Gasteiger partial charge on any atom is -0.483 e. The van der Waals surface area contributed by atoms with Gasteiger partial charge in [-0.1, -0.05) is 12.1 Å². The average molecular weight is 415 g/mol. The number of carbonyl (C=O) groups is 2. The number of ether oxygens (including phenoxy) is 1. The maximum atomic E-state index is 13.2. The molecular weight excluding hydrogens is 384 g/mol. The summed E-state index contributed by atoms with van der Waals surface area (Å²) in [5.74, 6) is 1.22. The third-order valence-electron chi connectivity index (χ3n) is 6.92. The van der Waals surface area contributed by atoms with Crippen LogP contribution >= 0.6 is 0 Å². The van der Waals surface area contributed by atoms with Gasteiger partial charge in [0.1, 0.15) is 0 Å². The number of fused-ring (bicyclic) bond motifs is 4. The first-order valence-corrected chi connectivity index (χ1v) is 10.8. The molecule has 4 saturated heterocycles. The van der Waals surface area contributed by atoms with E-state index in [-0.39, 0.29) is 12.4 Å². The van der Waals surface area contributed by atoms with Crippen LogP contribution in [0, 0.1) is 5.92 Å². The first kappa shape index (κ1) is 20.8. The highest BCUT2D eigenvalue weighted by atomic mass is 16.5. The SMILES string of the molecule is CN(C(=O)c1n[nH]c2cc(C3CCOCC3)ccc12)[C@H]1CN2CCC1CC2.O=CO. The number of carbonyl (C=O) groups excluding carboxylic acids is 1. The Labute approximate surface area is 176 Å². The molecule has 162 valence electrons. The molecule has 0 unspecified atom stereocenters. The van der Waals surface area contributed by atoms with Gasteiger partial charge in [0.15, 0.2) is 5.69 Å². The van der Waals surface area contributed by atoms with E-state index in [9.17, 15) is 4.79 Å². The lowest BCUT2D eigenvalue weighted by Crippen LogP contribution is -2.57. The Kier molecular flexibility index (Phi) is 6.34. The van der Waals surface area contributed by atoms with Crippen LogP contribution < -0.4 is 0 Å². The molecule has 8 heteroatoms. The van der Waals surface area contributed by atoms with Gasteiger partial charge >= 0.3 is 0 Å². The quantitative estimate of drug-likeness (QED) is 0.748. The van der Waals surface area contributed by atoms with Gasteiger partial charge < -0.3 is 19.6 Å². The molecule has 1 amide bonds. The van der Waals surface area contributed by atoms with Crippen LogP contribution in [0.4, 0.5) is 0 Å². The minimum absolute atomic E-state index is 0.0406. The van der Waals surface area contributed by atoms with Crippen LogP contribution in [-0.2, 0) is 9.53 Å². The minimum atomic E-state index is -0.250. The van der Waals surface area contributed by atoms with Crippen molar-refractivity contribution in [3.63, 3.8) is 0 Å². The second-order valence-electron chi connectivity index (χ2n) is 8.49. The van der Waals surface area contributed by atoms with Crippen molar-refractivity contribution in [2.75, 3.05) is 39.9 Å². The fraction of sp³-hybridized carbons (Fsp3) is 0.591. The van der Waals surface area contributed by atoms with Crippen molar-refractivity contribution in [1.82, 2.24) is 20.0 Å². The first-order valence-electron chi connectivity index (χ1n) is 10.8. The molecule has 5 heterocycles. The normalized spacial score (nSPS) is 26.1. The highest BCUT2D eigenvalue weighted by Crippen LogP contribution is 2.32. The molecule has 1 atom stereocenters. The predicted molar refractivity (Wildman–Crippen MR) is 113 cm³/mol. The third-order valence-corrected chi connectivity index (χ3v) is 6.92. The van der Waals surface area contributed by atoms with Gasteiger partial charge in [0.25, 0.3) is 12.4 Å². The molecule has 1 aromatic carbocycles. The number of piperidine rings is 3. The fourth-order valence-corrected chi connectivity index (χ4v) is 5.18. The number of hydrogen-bond acceptors (Lipinski definition) is 5. The molecule has 0 aliphatic carbocycles. The molecule has 4 aliphatic rings. The van der Waals surface area contributed by atoms with Crippen molar-refractivity contribution in [3.05, 3.63) is 29.5 Å². The van der Waals surface area contributed by atoms with Crippen molar-refractivity contribution < 1.29 is 19.4 Å². The lowest BCUT2D eigenvalue weighted by molar-refractivity contribution is -0.122. The Morgan fingerprint density at radius 1 is 1.27 bits per heavy atom. The number of aromatic amines is 1. The second kappa shape index (κ2) is 9.14. The Balaban J connectivity index is 0.000000687. The number of benzene rings is 1. The summed E-state index contributed by atoms with van der Waals surface area (Å²) in [4.78, 5) is 26.0. The standard InChI is InChI=1S/C21H28N4O2.CH2O2/c1-24(19-13-25-8-4-15(19)5-9-25)21(26)20-17-3-2-16(12-18(17)22-23-20)14-6-10-27-11-7-14;2-1-3/h2-3,12,14-15,19H,4-11,13H2,1H3,(H,22,23);1H,(H,2,3)/t19-;/m0./s1. The smallest absolute Gasteiger partial charge is 0.290 e. The zero-order valence-electron chi connectivity index (χ0n) is 17.4. The van der Waals surface area contributed by atoms with Crippen LogP contribution in [0.25, 0.3) is 10.9 Å². The maximum Gasteiger partial charge on any atom is 0.290 e. The zero-order chi connectivity index (χ0) is 21.1. The Morgan fingerprint density at radius 2 is 1.97 bits per heavy atom. The van der Waals surface area contributed by atoms with E-state index in [0.29, 0.717) is 23.6 Å². The Bertz CT molecular complexity index is 884. The number of carboxylic acid groups (broad SMARTS) is 1. The number of amides is 1. The van der Waals surface area contributed by atoms with Gasteiger partial charge in [0.05, 0.1) is 5.52 Å². The number of nitrogens with zero attached hydrogens (tertiary/aromatic N) is 3. The van der Waals surface area contributed by atoms with Gasteiger partial charge in [0, 0.05) is 38.2 Å². The van der Waals surface area contributed by atoms with E-state index in [0.717, 1.165) is 43.5 Å². The molecule has 30 heavy (non-hydrogen) atoms. The molecule has 4 aliphatic heterocycles.